The van der Waals surface area contributed by atoms with E-state index in [0.29, 0.717) is 0 Å². The van der Waals surface area contributed by atoms with E-state index in [9.17, 15) is 0 Å². The summed E-state index contributed by atoms with van der Waals surface area (Å²) >= 11 is 5.82. The Balaban J connectivity index is 0.000000123. The summed E-state index contributed by atoms with van der Waals surface area (Å²) in [6, 6.07) is 8.75. The molecule has 2 heteroatoms. The number of nitrogens with one attached hydrogen (secondary N) is 1. The molecule has 88 valence electrons. The number of halogens is 1. The Bertz CT molecular complexity index is 350. The molecule has 1 aliphatic carbocycles. The van der Waals surface area contributed by atoms with Gasteiger partial charge in [0.05, 0.1) is 0 Å². The average Bonchev–Trinajstić information content (AvgIpc) is 3.00. The highest BCUT2D eigenvalue weighted by Gasteiger charge is 2.45. The van der Waals surface area contributed by atoms with Gasteiger partial charge >= 0.3 is 0 Å². The quantitative estimate of drug-likeness (QED) is 0.788. The van der Waals surface area contributed by atoms with Gasteiger partial charge in [0.2, 0.25) is 0 Å². The van der Waals surface area contributed by atoms with Crippen LogP contribution in [0.5, 0.6) is 0 Å². The standard InChI is InChI=1S/C8H9Cl.C6H11N/c1-2-7-5-3-4-6-8(7)9;1-4-6-2-5(6)3-7-4/h3-6H,2H2,1H3;4-7H,2-3H2,1H3. The Kier molecular flexibility index (Phi) is 3.88. The maximum Gasteiger partial charge on any atom is 0.0437 e. The van der Waals surface area contributed by atoms with E-state index in [0.717, 1.165) is 29.3 Å². The minimum absolute atomic E-state index is 0.838. The zero-order chi connectivity index (χ0) is 11.5. The SMILES string of the molecule is CC1NCC2CC21.CCc1ccccc1Cl. The van der Waals surface area contributed by atoms with Crippen LogP contribution in [0, 0.1) is 11.8 Å². The van der Waals surface area contributed by atoms with Crippen LogP contribution in [0.4, 0.5) is 0 Å². The van der Waals surface area contributed by atoms with Crippen LogP contribution in [0.25, 0.3) is 0 Å². The third-order valence-electron chi connectivity index (χ3n) is 3.66. The number of benzene rings is 1. The summed E-state index contributed by atoms with van der Waals surface area (Å²) < 4.78 is 0. The van der Waals surface area contributed by atoms with Crippen LogP contribution in [-0.4, -0.2) is 12.6 Å². The maximum absolute atomic E-state index is 5.82. The topological polar surface area (TPSA) is 12.0 Å². The first-order chi connectivity index (χ1) is 7.72. The lowest BCUT2D eigenvalue weighted by molar-refractivity contribution is 0.579. The monoisotopic (exact) mass is 237 g/mol. The van der Waals surface area contributed by atoms with Crippen LogP contribution in [0.3, 0.4) is 0 Å². The minimum Gasteiger partial charge on any atom is -0.314 e. The van der Waals surface area contributed by atoms with Gasteiger partial charge in [-0.05, 0) is 49.8 Å². The molecule has 0 spiro atoms. The number of aryl methyl sites for hydroxylation is 1. The molecular weight excluding hydrogens is 218 g/mol. The van der Waals surface area contributed by atoms with Crippen molar-refractivity contribution >= 4 is 11.6 Å². The van der Waals surface area contributed by atoms with Crippen molar-refractivity contribution in [2.75, 3.05) is 6.54 Å². The van der Waals surface area contributed by atoms with Crippen molar-refractivity contribution < 1.29 is 0 Å². The lowest BCUT2D eigenvalue weighted by atomic mass is 10.2. The molecular formula is C14H20ClN. The summed E-state index contributed by atoms with van der Waals surface area (Å²) in [6.45, 7) is 5.69. The van der Waals surface area contributed by atoms with Gasteiger partial charge in [-0.1, -0.05) is 36.7 Å². The van der Waals surface area contributed by atoms with Gasteiger partial charge in [-0.2, -0.15) is 0 Å². The van der Waals surface area contributed by atoms with Gasteiger partial charge < -0.3 is 5.32 Å². The van der Waals surface area contributed by atoms with E-state index in [1.54, 1.807) is 0 Å². The molecule has 1 aromatic rings. The summed E-state index contributed by atoms with van der Waals surface area (Å²) in [4.78, 5) is 0. The van der Waals surface area contributed by atoms with E-state index < -0.39 is 0 Å². The molecule has 2 fully saturated rings. The summed E-state index contributed by atoms with van der Waals surface area (Å²) in [5, 5.41) is 4.29. The maximum atomic E-state index is 5.82. The van der Waals surface area contributed by atoms with E-state index in [1.165, 1.54) is 18.5 Å². The van der Waals surface area contributed by atoms with Gasteiger partial charge in [0.15, 0.2) is 0 Å². The van der Waals surface area contributed by atoms with Gasteiger partial charge in [-0.3, -0.25) is 0 Å². The second kappa shape index (κ2) is 5.20. The molecule has 1 nitrogen and oxygen atoms in total. The van der Waals surface area contributed by atoms with E-state index in [-0.39, 0.29) is 0 Å². The van der Waals surface area contributed by atoms with E-state index in [2.05, 4.69) is 19.2 Å². The smallest absolute Gasteiger partial charge is 0.0437 e. The molecule has 1 aliphatic heterocycles. The fourth-order valence-corrected chi connectivity index (χ4v) is 2.66. The van der Waals surface area contributed by atoms with Crippen molar-refractivity contribution in [3.63, 3.8) is 0 Å². The molecule has 2 aliphatic rings. The second-order valence-corrected chi connectivity index (χ2v) is 5.21. The van der Waals surface area contributed by atoms with Gasteiger partial charge in [-0.15, -0.1) is 0 Å². The molecule has 1 saturated heterocycles. The van der Waals surface area contributed by atoms with Crippen molar-refractivity contribution in [1.29, 1.82) is 0 Å². The van der Waals surface area contributed by atoms with Crippen LogP contribution in [0.15, 0.2) is 24.3 Å². The van der Waals surface area contributed by atoms with Gasteiger partial charge in [0.25, 0.3) is 0 Å². The number of piperidine rings is 1. The minimum atomic E-state index is 0.838. The normalized spacial score (nSPS) is 30.3. The zero-order valence-corrected chi connectivity index (χ0v) is 10.8. The third-order valence-corrected chi connectivity index (χ3v) is 4.03. The van der Waals surface area contributed by atoms with Gasteiger partial charge in [-0.25, -0.2) is 0 Å². The summed E-state index contributed by atoms with van der Waals surface area (Å²) in [7, 11) is 0. The summed E-state index contributed by atoms with van der Waals surface area (Å²) in [5.41, 5.74) is 1.22. The van der Waals surface area contributed by atoms with E-state index in [1.807, 2.05) is 24.3 Å². The number of rotatable bonds is 1. The van der Waals surface area contributed by atoms with Crippen molar-refractivity contribution in [3.05, 3.63) is 34.9 Å². The lowest BCUT2D eigenvalue weighted by Crippen LogP contribution is -2.21. The van der Waals surface area contributed by atoms with Crippen molar-refractivity contribution in [1.82, 2.24) is 5.32 Å². The molecule has 0 aromatic heterocycles. The molecule has 0 bridgehead atoms. The Morgan fingerprint density at radius 3 is 2.44 bits per heavy atom. The van der Waals surface area contributed by atoms with E-state index in [4.69, 9.17) is 11.6 Å². The molecule has 16 heavy (non-hydrogen) atoms. The van der Waals surface area contributed by atoms with Crippen molar-refractivity contribution in [3.8, 4) is 0 Å². The summed E-state index contributed by atoms with van der Waals surface area (Å²) in [5.74, 6) is 2.15. The first-order valence-electron chi connectivity index (χ1n) is 6.19. The number of fused-ring (bicyclic) bond motifs is 1. The molecule has 3 unspecified atom stereocenters. The van der Waals surface area contributed by atoms with Gasteiger partial charge in [0.1, 0.15) is 0 Å². The average molecular weight is 238 g/mol. The Morgan fingerprint density at radius 2 is 2.12 bits per heavy atom. The van der Waals surface area contributed by atoms with Crippen LogP contribution in [0.1, 0.15) is 25.8 Å². The van der Waals surface area contributed by atoms with E-state index >= 15 is 0 Å². The van der Waals surface area contributed by atoms with Crippen molar-refractivity contribution in [2.24, 2.45) is 11.8 Å². The van der Waals surface area contributed by atoms with Crippen molar-refractivity contribution in [2.45, 2.75) is 32.7 Å². The molecule has 1 saturated carbocycles. The first kappa shape index (κ1) is 11.9. The highest BCUT2D eigenvalue weighted by Crippen LogP contribution is 2.44. The predicted molar refractivity (Wildman–Crippen MR) is 69.9 cm³/mol. The van der Waals surface area contributed by atoms with Gasteiger partial charge in [0, 0.05) is 11.1 Å². The number of hydrogen-bond acceptors (Lipinski definition) is 1. The Morgan fingerprint density at radius 1 is 1.38 bits per heavy atom. The summed E-state index contributed by atoms with van der Waals surface area (Å²) in [6.07, 6.45) is 2.52. The van der Waals surface area contributed by atoms with Crippen LogP contribution in [0.2, 0.25) is 5.02 Å². The highest BCUT2D eigenvalue weighted by molar-refractivity contribution is 6.31. The highest BCUT2D eigenvalue weighted by atomic mass is 35.5. The van der Waals surface area contributed by atoms with Crippen LogP contribution in [-0.2, 0) is 6.42 Å². The predicted octanol–water partition coefficient (Wildman–Crippen LogP) is 3.52. The van der Waals surface area contributed by atoms with Crippen LogP contribution < -0.4 is 5.32 Å². The second-order valence-electron chi connectivity index (χ2n) is 4.80. The first-order valence-corrected chi connectivity index (χ1v) is 6.57. The Labute approximate surface area is 103 Å². The molecule has 3 atom stereocenters. The lowest BCUT2D eigenvalue weighted by Gasteiger charge is -2.01. The molecule has 1 heterocycles. The fraction of sp³-hybridized carbons (Fsp3) is 0.571. The van der Waals surface area contributed by atoms with Crippen LogP contribution >= 0.6 is 11.6 Å². The molecule has 1 aromatic carbocycles. The third kappa shape index (κ3) is 2.78. The molecule has 0 amide bonds. The zero-order valence-electron chi connectivity index (χ0n) is 10.0. The number of hydrogen-bond donors (Lipinski definition) is 1. The largest absolute Gasteiger partial charge is 0.314 e. The fourth-order valence-electron chi connectivity index (χ4n) is 2.39. The molecule has 3 rings (SSSR count). The molecule has 0 radical (unpaired) electrons. The Hall–Kier alpha value is -0.530. The molecule has 1 N–H and O–H groups in total.